The molecule has 21 heavy (non-hydrogen) atoms. The van der Waals surface area contributed by atoms with E-state index in [9.17, 15) is 4.79 Å². The van der Waals surface area contributed by atoms with Crippen LogP contribution in [-0.4, -0.2) is 36.1 Å². The van der Waals surface area contributed by atoms with Crippen LogP contribution in [0.1, 0.15) is 10.5 Å². The van der Waals surface area contributed by atoms with Gasteiger partial charge in [-0.05, 0) is 28.1 Å². The molecule has 0 aliphatic heterocycles. The number of rotatable bonds is 6. The minimum Gasteiger partial charge on any atom is -0.383 e. The van der Waals surface area contributed by atoms with E-state index in [-0.39, 0.29) is 11.6 Å². The van der Waals surface area contributed by atoms with E-state index >= 15 is 0 Å². The summed E-state index contributed by atoms with van der Waals surface area (Å²) in [6.45, 7) is 1.21. The Balaban J connectivity index is 1.98. The number of hydrogen-bond acceptors (Lipinski definition) is 5. The van der Waals surface area contributed by atoms with Gasteiger partial charge in [-0.2, -0.15) is 0 Å². The summed E-state index contributed by atoms with van der Waals surface area (Å²) in [6, 6.07) is 7.37. The van der Waals surface area contributed by atoms with Crippen LogP contribution >= 0.6 is 15.9 Å². The van der Waals surface area contributed by atoms with E-state index in [0.29, 0.717) is 24.7 Å². The predicted octanol–water partition coefficient (Wildman–Crippen LogP) is 2.55. The number of anilines is 2. The first-order valence-corrected chi connectivity index (χ1v) is 7.10. The van der Waals surface area contributed by atoms with Crippen molar-refractivity contribution >= 4 is 33.3 Å². The number of benzene rings is 1. The Morgan fingerprint density at radius 2 is 2.10 bits per heavy atom. The van der Waals surface area contributed by atoms with Gasteiger partial charge in [0.2, 0.25) is 0 Å². The number of para-hydroxylation sites is 1. The summed E-state index contributed by atoms with van der Waals surface area (Å²) >= 11 is 3.37. The van der Waals surface area contributed by atoms with Crippen LogP contribution in [-0.2, 0) is 4.74 Å². The molecule has 7 heteroatoms. The maximum Gasteiger partial charge on any atom is 0.275 e. The first-order chi connectivity index (χ1) is 10.2. The zero-order valence-corrected chi connectivity index (χ0v) is 13.1. The molecule has 0 spiro atoms. The van der Waals surface area contributed by atoms with Crippen LogP contribution in [0.15, 0.2) is 41.1 Å². The summed E-state index contributed by atoms with van der Waals surface area (Å²) in [5.74, 6) is 0.294. The summed E-state index contributed by atoms with van der Waals surface area (Å²) in [4.78, 5) is 20.3. The summed E-state index contributed by atoms with van der Waals surface area (Å²) < 4.78 is 5.73. The minimum absolute atomic E-state index is 0.253. The molecule has 0 bridgehead atoms. The quantitative estimate of drug-likeness (QED) is 0.783. The lowest BCUT2D eigenvalue weighted by atomic mass is 10.3. The van der Waals surface area contributed by atoms with Crippen molar-refractivity contribution in [2.24, 2.45) is 0 Å². The number of amides is 1. The standard InChI is InChI=1S/C14H15BrN4O2/c1-21-7-6-16-13-9-17-12(8-18-13)14(20)19-11-5-3-2-4-10(11)15/h2-5,8-9H,6-7H2,1H3,(H,16,18)(H,19,20). The van der Waals surface area contributed by atoms with Gasteiger partial charge in [-0.15, -0.1) is 0 Å². The zero-order valence-electron chi connectivity index (χ0n) is 11.5. The average Bonchev–Trinajstić information content (AvgIpc) is 2.50. The van der Waals surface area contributed by atoms with Gasteiger partial charge in [-0.1, -0.05) is 12.1 Å². The number of carbonyl (C=O) groups excluding carboxylic acids is 1. The van der Waals surface area contributed by atoms with Crippen molar-refractivity contribution in [1.82, 2.24) is 9.97 Å². The Morgan fingerprint density at radius 1 is 1.29 bits per heavy atom. The van der Waals surface area contributed by atoms with E-state index in [2.05, 4.69) is 36.5 Å². The second kappa shape index (κ2) is 7.70. The molecule has 2 aromatic rings. The molecule has 0 saturated carbocycles. The Bertz CT molecular complexity index is 604. The summed E-state index contributed by atoms with van der Waals surface area (Å²) in [6.07, 6.45) is 2.95. The van der Waals surface area contributed by atoms with Crippen molar-refractivity contribution in [3.05, 3.63) is 46.8 Å². The number of ether oxygens (including phenoxy) is 1. The average molecular weight is 351 g/mol. The third kappa shape index (κ3) is 4.51. The Morgan fingerprint density at radius 3 is 2.76 bits per heavy atom. The minimum atomic E-state index is -0.308. The molecule has 110 valence electrons. The first kappa shape index (κ1) is 15.4. The van der Waals surface area contributed by atoms with Crippen molar-refractivity contribution < 1.29 is 9.53 Å². The fourth-order valence-electron chi connectivity index (χ4n) is 1.57. The normalized spacial score (nSPS) is 10.2. The molecule has 0 aliphatic carbocycles. The Kier molecular flexibility index (Phi) is 5.65. The topological polar surface area (TPSA) is 76.1 Å². The molecule has 1 aromatic carbocycles. The van der Waals surface area contributed by atoms with Crippen molar-refractivity contribution in [2.45, 2.75) is 0 Å². The second-order valence-electron chi connectivity index (χ2n) is 4.14. The second-order valence-corrected chi connectivity index (χ2v) is 4.99. The maximum atomic E-state index is 12.1. The molecule has 2 N–H and O–H groups in total. The molecule has 0 saturated heterocycles. The number of hydrogen-bond donors (Lipinski definition) is 2. The molecule has 0 unspecified atom stereocenters. The van der Waals surface area contributed by atoms with E-state index in [0.717, 1.165) is 4.47 Å². The molecule has 0 fully saturated rings. The highest BCUT2D eigenvalue weighted by Gasteiger charge is 2.09. The molecule has 0 radical (unpaired) electrons. The predicted molar refractivity (Wildman–Crippen MR) is 84.5 cm³/mol. The lowest BCUT2D eigenvalue weighted by Crippen LogP contribution is -2.15. The van der Waals surface area contributed by atoms with Crippen LogP contribution in [0.25, 0.3) is 0 Å². The van der Waals surface area contributed by atoms with Gasteiger partial charge in [0.25, 0.3) is 5.91 Å². The van der Waals surface area contributed by atoms with E-state index in [1.807, 2.05) is 18.2 Å². The first-order valence-electron chi connectivity index (χ1n) is 6.31. The van der Waals surface area contributed by atoms with Gasteiger partial charge in [0, 0.05) is 18.1 Å². The molecule has 6 nitrogen and oxygen atoms in total. The highest BCUT2D eigenvalue weighted by molar-refractivity contribution is 9.10. The number of methoxy groups -OCH3 is 1. The van der Waals surface area contributed by atoms with Crippen molar-refractivity contribution in [3.63, 3.8) is 0 Å². The van der Waals surface area contributed by atoms with Gasteiger partial charge in [0.15, 0.2) is 0 Å². The summed E-state index contributed by atoms with van der Waals surface area (Å²) in [7, 11) is 1.63. The molecule has 1 heterocycles. The van der Waals surface area contributed by atoms with Crippen LogP contribution in [0.3, 0.4) is 0 Å². The molecule has 0 atom stereocenters. The number of nitrogens with one attached hydrogen (secondary N) is 2. The largest absolute Gasteiger partial charge is 0.383 e. The maximum absolute atomic E-state index is 12.1. The van der Waals surface area contributed by atoms with Crippen LogP contribution in [0.5, 0.6) is 0 Å². The molecule has 2 rings (SSSR count). The van der Waals surface area contributed by atoms with Crippen molar-refractivity contribution in [1.29, 1.82) is 0 Å². The van der Waals surface area contributed by atoms with E-state index in [1.54, 1.807) is 13.2 Å². The van der Waals surface area contributed by atoms with Crippen LogP contribution < -0.4 is 10.6 Å². The Hall–Kier alpha value is -1.99. The lowest BCUT2D eigenvalue weighted by molar-refractivity contribution is 0.102. The fraction of sp³-hybridized carbons (Fsp3) is 0.214. The number of halogens is 1. The monoisotopic (exact) mass is 350 g/mol. The molecular formula is C14H15BrN4O2. The SMILES string of the molecule is COCCNc1cnc(C(=O)Nc2ccccc2Br)cn1. The van der Waals surface area contributed by atoms with Crippen LogP contribution in [0, 0.1) is 0 Å². The zero-order chi connectivity index (χ0) is 15.1. The van der Waals surface area contributed by atoms with Crippen LogP contribution in [0.2, 0.25) is 0 Å². The number of aromatic nitrogens is 2. The van der Waals surface area contributed by atoms with Crippen LogP contribution in [0.4, 0.5) is 11.5 Å². The summed E-state index contributed by atoms with van der Waals surface area (Å²) in [5, 5.41) is 5.80. The van der Waals surface area contributed by atoms with Gasteiger partial charge >= 0.3 is 0 Å². The van der Waals surface area contributed by atoms with Gasteiger partial charge in [-0.25, -0.2) is 9.97 Å². The lowest BCUT2D eigenvalue weighted by Gasteiger charge is -2.07. The van der Waals surface area contributed by atoms with Crippen molar-refractivity contribution in [2.75, 3.05) is 30.9 Å². The van der Waals surface area contributed by atoms with Gasteiger partial charge in [0.05, 0.1) is 24.7 Å². The smallest absolute Gasteiger partial charge is 0.275 e. The van der Waals surface area contributed by atoms with Gasteiger partial charge in [0.1, 0.15) is 11.5 Å². The highest BCUT2D eigenvalue weighted by atomic mass is 79.9. The van der Waals surface area contributed by atoms with E-state index in [4.69, 9.17) is 4.74 Å². The summed E-state index contributed by atoms with van der Waals surface area (Å²) in [5.41, 5.74) is 0.939. The number of nitrogens with zero attached hydrogens (tertiary/aromatic N) is 2. The van der Waals surface area contributed by atoms with Crippen molar-refractivity contribution in [3.8, 4) is 0 Å². The highest BCUT2D eigenvalue weighted by Crippen LogP contribution is 2.21. The number of carbonyl (C=O) groups is 1. The molecule has 0 aliphatic rings. The van der Waals surface area contributed by atoms with E-state index < -0.39 is 0 Å². The van der Waals surface area contributed by atoms with Gasteiger partial charge in [-0.3, -0.25) is 4.79 Å². The molecule has 1 amide bonds. The van der Waals surface area contributed by atoms with Gasteiger partial charge < -0.3 is 15.4 Å². The fourth-order valence-corrected chi connectivity index (χ4v) is 1.95. The van der Waals surface area contributed by atoms with E-state index in [1.165, 1.54) is 12.4 Å². The molecular weight excluding hydrogens is 336 g/mol. The Labute approximate surface area is 131 Å². The third-order valence-corrected chi connectivity index (χ3v) is 3.31. The molecule has 1 aromatic heterocycles. The third-order valence-electron chi connectivity index (χ3n) is 2.62.